The van der Waals surface area contributed by atoms with Crippen LogP contribution < -0.4 is 5.73 Å². The highest BCUT2D eigenvalue weighted by Gasteiger charge is 2.13. The Bertz CT molecular complexity index is 374. The van der Waals surface area contributed by atoms with Gasteiger partial charge < -0.3 is 15.6 Å². The van der Waals surface area contributed by atoms with Crippen LogP contribution in [0, 0.1) is 0 Å². The zero-order valence-corrected chi connectivity index (χ0v) is 11.1. The van der Waals surface area contributed by atoms with Crippen LogP contribution in [-0.2, 0) is 9.53 Å². The molecule has 0 bridgehead atoms. The van der Waals surface area contributed by atoms with E-state index in [0.717, 1.165) is 12.7 Å². The van der Waals surface area contributed by atoms with Gasteiger partial charge in [-0.25, -0.2) is 0 Å². The number of hydrogen-bond acceptors (Lipinski definition) is 3. The molecule has 4 nitrogen and oxygen atoms in total. The van der Waals surface area contributed by atoms with Crippen LogP contribution in [0.15, 0.2) is 24.3 Å². The minimum absolute atomic E-state index is 0.0537. The average Bonchev–Trinajstić information content (AvgIpc) is 2.37. The lowest BCUT2D eigenvalue weighted by atomic mass is 9.96. The molecule has 1 aromatic carbocycles. The summed E-state index contributed by atoms with van der Waals surface area (Å²) in [6, 6.07) is 7.09. The molecule has 108 valence electrons. The maximum Gasteiger partial charge on any atom is 0.345 e. The van der Waals surface area contributed by atoms with Crippen LogP contribution in [0.1, 0.15) is 17.9 Å². The number of aliphatic carboxylic acids is 1. The SMILES string of the molecule is COC(F)F.NCC(CC(=O)O)c1ccc(Cl)cc1. The lowest BCUT2D eigenvalue weighted by molar-refractivity contribution is -0.137. The number of benzene rings is 1. The molecule has 0 fully saturated rings. The molecule has 1 rings (SSSR count). The Labute approximate surface area is 115 Å². The van der Waals surface area contributed by atoms with E-state index in [2.05, 4.69) is 4.74 Å². The second-order valence-corrected chi connectivity index (χ2v) is 4.01. The third-order valence-electron chi connectivity index (χ3n) is 2.23. The molecule has 3 N–H and O–H groups in total. The third kappa shape index (κ3) is 8.47. The van der Waals surface area contributed by atoms with Crippen molar-refractivity contribution in [3.05, 3.63) is 34.9 Å². The van der Waals surface area contributed by atoms with Gasteiger partial charge in [0.25, 0.3) is 0 Å². The molecule has 1 aromatic rings. The normalized spacial score (nSPS) is 11.7. The molecule has 0 aromatic heterocycles. The summed E-state index contributed by atoms with van der Waals surface area (Å²) in [5, 5.41) is 9.29. The van der Waals surface area contributed by atoms with E-state index in [4.69, 9.17) is 22.4 Å². The van der Waals surface area contributed by atoms with Gasteiger partial charge in [0.2, 0.25) is 0 Å². The molecule has 0 aliphatic rings. The van der Waals surface area contributed by atoms with Crippen LogP contribution in [0.4, 0.5) is 8.78 Å². The van der Waals surface area contributed by atoms with E-state index in [1.807, 2.05) is 12.1 Å². The number of rotatable bonds is 5. The van der Waals surface area contributed by atoms with E-state index in [1.165, 1.54) is 0 Å². The van der Waals surface area contributed by atoms with Crippen LogP contribution in [-0.4, -0.2) is 31.3 Å². The highest BCUT2D eigenvalue weighted by molar-refractivity contribution is 6.30. The van der Waals surface area contributed by atoms with Gasteiger partial charge in [-0.05, 0) is 24.2 Å². The lowest BCUT2D eigenvalue weighted by Crippen LogP contribution is -2.16. The van der Waals surface area contributed by atoms with Gasteiger partial charge in [0.15, 0.2) is 0 Å². The van der Waals surface area contributed by atoms with Gasteiger partial charge in [-0.1, -0.05) is 23.7 Å². The Kier molecular flexibility index (Phi) is 9.03. The van der Waals surface area contributed by atoms with Gasteiger partial charge >= 0.3 is 12.6 Å². The van der Waals surface area contributed by atoms with Gasteiger partial charge in [-0.15, -0.1) is 0 Å². The topological polar surface area (TPSA) is 72.5 Å². The van der Waals surface area contributed by atoms with Crippen LogP contribution in [0.3, 0.4) is 0 Å². The van der Waals surface area contributed by atoms with Gasteiger partial charge in [0.1, 0.15) is 0 Å². The van der Waals surface area contributed by atoms with Crippen molar-refractivity contribution >= 4 is 17.6 Å². The van der Waals surface area contributed by atoms with Crippen molar-refractivity contribution in [2.75, 3.05) is 13.7 Å². The summed E-state index contributed by atoms with van der Waals surface area (Å²) in [7, 11) is 0.949. The van der Waals surface area contributed by atoms with E-state index < -0.39 is 12.6 Å². The first-order valence-corrected chi connectivity index (χ1v) is 5.76. The largest absolute Gasteiger partial charge is 0.481 e. The predicted molar refractivity (Wildman–Crippen MR) is 68.5 cm³/mol. The molecule has 0 amide bonds. The predicted octanol–water partition coefficient (Wildman–Crippen LogP) is 2.71. The molecule has 0 aliphatic heterocycles. The van der Waals surface area contributed by atoms with Gasteiger partial charge in [0, 0.05) is 18.1 Å². The quantitative estimate of drug-likeness (QED) is 0.876. The number of carbonyl (C=O) groups is 1. The molecule has 0 spiro atoms. The highest BCUT2D eigenvalue weighted by Crippen LogP contribution is 2.20. The van der Waals surface area contributed by atoms with E-state index in [0.29, 0.717) is 11.6 Å². The highest BCUT2D eigenvalue weighted by atomic mass is 35.5. The van der Waals surface area contributed by atoms with Crippen molar-refractivity contribution in [1.82, 2.24) is 0 Å². The fraction of sp³-hybridized carbons (Fsp3) is 0.417. The summed E-state index contributed by atoms with van der Waals surface area (Å²) >= 11 is 5.72. The fourth-order valence-electron chi connectivity index (χ4n) is 1.28. The molecule has 0 radical (unpaired) electrons. The van der Waals surface area contributed by atoms with Crippen molar-refractivity contribution < 1.29 is 23.4 Å². The summed E-state index contributed by atoms with van der Waals surface area (Å²) in [6.07, 6.45) is 0.0537. The molecule has 0 saturated heterocycles. The monoisotopic (exact) mass is 295 g/mol. The molecular weight excluding hydrogens is 280 g/mol. The van der Waals surface area contributed by atoms with Gasteiger partial charge in [0.05, 0.1) is 6.42 Å². The first kappa shape index (κ1) is 17.8. The number of carboxylic acid groups (broad SMARTS) is 1. The van der Waals surface area contributed by atoms with Gasteiger partial charge in [-0.3, -0.25) is 4.79 Å². The summed E-state index contributed by atoms with van der Waals surface area (Å²) < 4.78 is 24.5. The van der Waals surface area contributed by atoms with Crippen LogP contribution in [0.25, 0.3) is 0 Å². The second kappa shape index (κ2) is 9.66. The molecular formula is C12H16ClF2NO3. The Morgan fingerprint density at radius 1 is 1.42 bits per heavy atom. The minimum Gasteiger partial charge on any atom is -0.481 e. The number of alkyl halides is 2. The standard InChI is InChI=1S/C10H12ClNO2.C2H4F2O/c11-9-3-1-7(2-4-9)8(6-12)5-10(13)14;1-5-2(3)4/h1-4,8H,5-6,12H2,(H,13,14);2H,1H3. The van der Waals surface area contributed by atoms with Crippen LogP contribution in [0.5, 0.6) is 0 Å². The average molecular weight is 296 g/mol. The third-order valence-corrected chi connectivity index (χ3v) is 2.48. The Balaban J connectivity index is 0.000000555. The van der Waals surface area contributed by atoms with E-state index >= 15 is 0 Å². The molecule has 19 heavy (non-hydrogen) atoms. The number of nitrogens with two attached hydrogens (primary N) is 1. The Morgan fingerprint density at radius 3 is 2.21 bits per heavy atom. The molecule has 0 heterocycles. The van der Waals surface area contributed by atoms with Gasteiger partial charge in [-0.2, -0.15) is 8.78 Å². The summed E-state index contributed by atoms with van der Waals surface area (Å²) in [5.74, 6) is -0.972. The fourth-order valence-corrected chi connectivity index (χ4v) is 1.41. The first-order chi connectivity index (χ1) is 8.90. The van der Waals surface area contributed by atoms with Crippen molar-refractivity contribution in [3.8, 4) is 0 Å². The van der Waals surface area contributed by atoms with Crippen LogP contribution >= 0.6 is 11.6 Å². The number of ether oxygens (including phenoxy) is 1. The molecule has 1 atom stereocenters. The van der Waals surface area contributed by atoms with E-state index in [1.54, 1.807) is 12.1 Å². The number of carboxylic acids is 1. The molecule has 0 saturated carbocycles. The number of hydrogen-bond donors (Lipinski definition) is 2. The van der Waals surface area contributed by atoms with Crippen molar-refractivity contribution in [2.45, 2.75) is 19.0 Å². The van der Waals surface area contributed by atoms with E-state index in [-0.39, 0.29) is 12.3 Å². The van der Waals surface area contributed by atoms with Crippen LogP contribution in [0.2, 0.25) is 5.02 Å². The number of halogens is 3. The van der Waals surface area contributed by atoms with E-state index in [9.17, 15) is 13.6 Å². The summed E-state index contributed by atoms with van der Waals surface area (Å²) in [6.45, 7) is -2.29. The molecule has 7 heteroatoms. The Hall–Kier alpha value is -1.24. The zero-order valence-electron chi connectivity index (χ0n) is 10.4. The number of methoxy groups -OCH3 is 1. The second-order valence-electron chi connectivity index (χ2n) is 3.58. The summed E-state index contributed by atoms with van der Waals surface area (Å²) in [4.78, 5) is 10.5. The minimum atomic E-state index is -2.62. The first-order valence-electron chi connectivity index (χ1n) is 5.39. The lowest BCUT2D eigenvalue weighted by Gasteiger charge is -2.12. The summed E-state index contributed by atoms with van der Waals surface area (Å²) in [5.41, 5.74) is 6.41. The smallest absolute Gasteiger partial charge is 0.345 e. The molecule has 0 aliphatic carbocycles. The Morgan fingerprint density at radius 2 is 1.89 bits per heavy atom. The maximum absolute atomic E-state index is 10.5. The molecule has 1 unspecified atom stereocenters. The maximum atomic E-state index is 10.5. The van der Waals surface area contributed by atoms with Crippen molar-refractivity contribution in [1.29, 1.82) is 0 Å². The van der Waals surface area contributed by atoms with Crippen molar-refractivity contribution in [3.63, 3.8) is 0 Å². The van der Waals surface area contributed by atoms with Crippen molar-refractivity contribution in [2.24, 2.45) is 5.73 Å². The zero-order chi connectivity index (χ0) is 14.8.